The molecule has 20 heavy (non-hydrogen) atoms. The van der Waals surface area contributed by atoms with Crippen LogP contribution >= 0.6 is 0 Å². The van der Waals surface area contributed by atoms with Gasteiger partial charge in [0.1, 0.15) is 11.3 Å². The Balaban J connectivity index is 1.84. The van der Waals surface area contributed by atoms with Crippen LogP contribution in [0.5, 0.6) is 5.75 Å². The minimum atomic E-state index is 0.929. The molecule has 1 fully saturated rings. The van der Waals surface area contributed by atoms with Crippen molar-refractivity contribution in [3.8, 4) is 5.75 Å². The first-order valence-electron chi connectivity index (χ1n) is 7.13. The van der Waals surface area contributed by atoms with Crippen molar-refractivity contribution in [2.75, 3.05) is 40.3 Å². The maximum Gasteiger partial charge on any atom is 0.134 e. The molecule has 4 nitrogen and oxygen atoms in total. The summed E-state index contributed by atoms with van der Waals surface area (Å²) in [5.41, 5.74) is 3.32. The number of nitrogens with zero attached hydrogens (tertiary/aromatic N) is 2. The van der Waals surface area contributed by atoms with Gasteiger partial charge in [-0.1, -0.05) is 0 Å². The lowest BCUT2D eigenvalue weighted by Crippen LogP contribution is -2.43. The van der Waals surface area contributed by atoms with E-state index in [1.54, 1.807) is 7.11 Å². The number of likely N-dealkylation sites (N-methyl/N-ethyl adjacent to an activating group) is 1. The number of methoxy groups -OCH3 is 1. The number of ether oxygens (including phenoxy) is 1. The summed E-state index contributed by atoms with van der Waals surface area (Å²) < 4.78 is 11.1. The van der Waals surface area contributed by atoms with Gasteiger partial charge in [-0.25, -0.2) is 0 Å². The molecule has 4 heteroatoms. The minimum absolute atomic E-state index is 0.929. The molecule has 0 aliphatic carbocycles. The van der Waals surface area contributed by atoms with Gasteiger partial charge >= 0.3 is 0 Å². The van der Waals surface area contributed by atoms with Crippen molar-refractivity contribution in [3.05, 3.63) is 29.5 Å². The van der Waals surface area contributed by atoms with Gasteiger partial charge in [0, 0.05) is 43.7 Å². The molecule has 108 valence electrons. The third kappa shape index (κ3) is 2.53. The van der Waals surface area contributed by atoms with E-state index in [4.69, 9.17) is 9.15 Å². The van der Waals surface area contributed by atoms with E-state index in [9.17, 15) is 0 Å². The van der Waals surface area contributed by atoms with Crippen LogP contribution in [0.4, 0.5) is 0 Å². The van der Waals surface area contributed by atoms with Crippen LogP contribution in [0, 0.1) is 6.92 Å². The normalized spacial score (nSPS) is 17.8. The molecule has 0 unspecified atom stereocenters. The van der Waals surface area contributed by atoms with Crippen molar-refractivity contribution in [2.45, 2.75) is 13.5 Å². The highest BCUT2D eigenvalue weighted by Gasteiger charge is 2.17. The summed E-state index contributed by atoms with van der Waals surface area (Å²) in [7, 11) is 3.90. The first-order chi connectivity index (χ1) is 9.67. The van der Waals surface area contributed by atoms with Crippen LogP contribution in [0.3, 0.4) is 0 Å². The van der Waals surface area contributed by atoms with E-state index in [0.717, 1.165) is 49.6 Å². The molecule has 3 rings (SSSR count). The van der Waals surface area contributed by atoms with Gasteiger partial charge in [-0.15, -0.1) is 0 Å². The quantitative estimate of drug-likeness (QED) is 0.860. The Morgan fingerprint density at radius 3 is 2.65 bits per heavy atom. The summed E-state index contributed by atoms with van der Waals surface area (Å²) in [6, 6.07) is 4.15. The van der Waals surface area contributed by atoms with Crippen LogP contribution < -0.4 is 4.74 Å². The number of rotatable bonds is 3. The molecule has 0 spiro atoms. The Morgan fingerprint density at radius 1 is 1.20 bits per heavy atom. The topological polar surface area (TPSA) is 28.9 Å². The minimum Gasteiger partial charge on any atom is -0.496 e. The van der Waals surface area contributed by atoms with Crippen LogP contribution in [0.2, 0.25) is 0 Å². The molecule has 0 bridgehead atoms. The molecule has 0 saturated carbocycles. The summed E-state index contributed by atoms with van der Waals surface area (Å²) in [4.78, 5) is 4.85. The van der Waals surface area contributed by atoms with E-state index in [0.29, 0.717) is 0 Å². The lowest BCUT2D eigenvalue weighted by molar-refractivity contribution is 0.148. The van der Waals surface area contributed by atoms with Crippen molar-refractivity contribution >= 4 is 11.0 Å². The zero-order valence-corrected chi connectivity index (χ0v) is 12.5. The van der Waals surface area contributed by atoms with E-state index in [2.05, 4.69) is 29.0 Å². The van der Waals surface area contributed by atoms with Gasteiger partial charge in [0.2, 0.25) is 0 Å². The fourth-order valence-corrected chi connectivity index (χ4v) is 2.80. The highest BCUT2D eigenvalue weighted by Crippen LogP contribution is 2.29. The summed E-state index contributed by atoms with van der Waals surface area (Å²) in [6.45, 7) is 7.50. The lowest BCUT2D eigenvalue weighted by atomic mass is 10.1. The van der Waals surface area contributed by atoms with Crippen LogP contribution in [0.1, 0.15) is 11.1 Å². The van der Waals surface area contributed by atoms with Gasteiger partial charge in [0.05, 0.1) is 13.4 Å². The number of furan rings is 1. The maximum absolute atomic E-state index is 5.70. The van der Waals surface area contributed by atoms with Crippen LogP contribution in [0.15, 0.2) is 22.8 Å². The Labute approximate surface area is 119 Å². The van der Waals surface area contributed by atoms with Gasteiger partial charge in [-0.05, 0) is 31.7 Å². The number of piperazine rings is 1. The zero-order chi connectivity index (χ0) is 14.1. The van der Waals surface area contributed by atoms with Gasteiger partial charge in [0.15, 0.2) is 0 Å². The van der Waals surface area contributed by atoms with E-state index >= 15 is 0 Å². The number of hydrogen-bond donors (Lipinski definition) is 0. The summed E-state index contributed by atoms with van der Waals surface area (Å²) in [5, 5.41) is 1.17. The SMILES string of the molecule is COc1cc2c(CN3CCN(C)CC3)coc2cc1C. The Kier molecular flexibility index (Phi) is 3.68. The highest BCUT2D eigenvalue weighted by molar-refractivity contribution is 5.83. The number of benzene rings is 1. The Bertz CT molecular complexity index is 598. The smallest absolute Gasteiger partial charge is 0.134 e. The Hall–Kier alpha value is -1.52. The lowest BCUT2D eigenvalue weighted by Gasteiger charge is -2.32. The molecular formula is C16H22N2O2. The predicted molar refractivity (Wildman–Crippen MR) is 80.3 cm³/mol. The molecule has 1 aliphatic heterocycles. The van der Waals surface area contributed by atoms with Crippen LogP contribution in [-0.4, -0.2) is 50.1 Å². The van der Waals surface area contributed by atoms with Gasteiger partial charge in [-0.2, -0.15) is 0 Å². The third-order valence-corrected chi connectivity index (χ3v) is 4.16. The van der Waals surface area contributed by atoms with Crippen molar-refractivity contribution in [2.24, 2.45) is 0 Å². The van der Waals surface area contributed by atoms with Gasteiger partial charge in [0.25, 0.3) is 0 Å². The predicted octanol–water partition coefficient (Wildman–Crippen LogP) is 2.50. The van der Waals surface area contributed by atoms with Crippen LogP contribution in [0.25, 0.3) is 11.0 Å². The molecule has 0 amide bonds. The molecule has 0 N–H and O–H groups in total. The second-order valence-corrected chi connectivity index (χ2v) is 5.66. The van der Waals surface area contributed by atoms with Crippen molar-refractivity contribution in [1.29, 1.82) is 0 Å². The molecular weight excluding hydrogens is 252 g/mol. The van der Waals surface area contributed by atoms with E-state index < -0.39 is 0 Å². The van der Waals surface area contributed by atoms with Gasteiger partial charge in [-0.3, -0.25) is 4.90 Å². The van der Waals surface area contributed by atoms with E-state index in [-0.39, 0.29) is 0 Å². The standard InChI is InChI=1S/C16H22N2O2/c1-12-8-16-14(9-15(12)19-3)13(11-20-16)10-18-6-4-17(2)5-7-18/h8-9,11H,4-7,10H2,1-3H3. The monoisotopic (exact) mass is 274 g/mol. The highest BCUT2D eigenvalue weighted by atomic mass is 16.5. The van der Waals surface area contributed by atoms with E-state index in [1.807, 2.05) is 13.2 Å². The first kappa shape index (κ1) is 13.5. The number of hydrogen-bond acceptors (Lipinski definition) is 4. The third-order valence-electron chi connectivity index (χ3n) is 4.16. The average Bonchev–Trinajstić information content (AvgIpc) is 2.82. The average molecular weight is 274 g/mol. The molecule has 2 heterocycles. The van der Waals surface area contributed by atoms with Crippen molar-refractivity contribution < 1.29 is 9.15 Å². The summed E-state index contributed by atoms with van der Waals surface area (Å²) in [5.74, 6) is 0.929. The molecule has 2 aromatic rings. The Morgan fingerprint density at radius 2 is 1.95 bits per heavy atom. The zero-order valence-electron chi connectivity index (χ0n) is 12.5. The number of fused-ring (bicyclic) bond motifs is 1. The summed E-state index contributed by atoms with van der Waals surface area (Å²) in [6.07, 6.45) is 1.89. The largest absolute Gasteiger partial charge is 0.496 e. The van der Waals surface area contributed by atoms with Crippen molar-refractivity contribution in [3.63, 3.8) is 0 Å². The first-order valence-corrected chi connectivity index (χ1v) is 7.13. The number of aryl methyl sites for hydroxylation is 1. The molecule has 0 radical (unpaired) electrons. The summed E-state index contributed by atoms with van der Waals surface area (Å²) >= 11 is 0. The fraction of sp³-hybridized carbons (Fsp3) is 0.500. The molecule has 1 aromatic heterocycles. The molecule has 1 saturated heterocycles. The van der Waals surface area contributed by atoms with Crippen LogP contribution in [-0.2, 0) is 6.54 Å². The second kappa shape index (κ2) is 5.46. The van der Waals surface area contributed by atoms with Gasteiger partial charge < -0.3 is 14.1 Å². The second-order valence-electron chi connectivity index (χ2n) is 5.66. The fourth-order valence-electron chi connectivity index (χ4n) is 2.80. The van der Waals surface area contributed by atoms with Crippen molar-refractivity contribution in [1.82, 2.24) is 9.80 Å². The molecule has 0 atom stereocenters. The molecule has 1 aliphatic rings. The van der Waals surface area contributed by atoms with E-state index in [1.165, 1.54) is 10.9 Å². The molecule has 1 aromatic carbocycles. The maximum atomic E-state index is 5.70.